The number of ether oxygens (including phenoxy) is 2. The molecule has 1 saturated heterocycles. The molecule has 1 aliphatic heterocycles. The first kappa shape index (κ1) is 19.0. The van der Waals surface area contributed by atoms with Gasteiger partial charge in [0.05, 0.1) is 48.9 Å². The molecule has 1 aliphatic rings. The van der Waals surface area contributed by atoms with Gasteiger partial charge in [-0.05, 0) is 24.6 Å². The van der Waals surface area contributed by atoms with Gasteiger partial charge in [-0.2, -0.15) is 0 Å². The Kier molecular flexibility index (Phi) is 5.50. The Morgan fingerprint density at radius 2 is 2.00 bits per heavy atom. The Labute approximate surface area is 157 Å². The minimum absolute atomic E-state index is 0.0227. The topological polar surface area (TPSA) is 107 Å². The van der Waals surface area contributed by atoms with Crippen LogP contribution in [0.1, 0.15) is 16.8 Å². The maximum Gasteiger partial charge on any atom is 0.253 e. The van der Waals surface area contributed by atoms with Crippen molar-refractivity contribution < 1.29 is 22.7 Å². The van der Waals surface area contributed by atoms with E-state index in [0.717, 1.165) is 0 Å². The van der Waals surface area contributed by atoms with E-state index in [1.165, 1.54) is 6.20 Å². The fourth-order valence-corrected chi connectivity index (χ4v) is 4.55. The van der Waals surface area contributed by atoms with Crippen molar-refractivity contribution in [2.75, 3.05) is 31.0 Å². The largest absolute Gasteiger partial charge is 0.497 e. The number of aromatic nitrogens is 1. The number of methoxy groups -OCH3 is 2. The highest BCUT2D eigenvalue weighted by Gasteiger charge is 2.29. The smallest absolute Gasteiger partial charge is 0.253 e. The summed E-state index contributed by atoms with van der Waals surface area (Å²) < 4.78 is 33.6. The monoisotopic (exact) mass is 391 g/mol. The number of hydrogen-bond acceptors (Lipinski definition) is 7. The third kappa shape index (κ3) is 4.68. The molecule has 0 spiro atoms. The lowest BCUT2D eigenvalue weighted by Gasteiger charge is -2.14. The Morgan fingerprint density at radius 1 is 1.19 bits per heavy atom. The number of carbonyl (C=O) groups is 1. The molecule has 1 unspecified atom stereocenters. The van der Waals surface area contributed by atoms with Crippen LogP contribution in [0.5, 0.6) is 11.5 Å². The third-order valence-corrected chi connectivity index (χ3v) is 6.02. The van der Waals surface area contributed by atoms with Gasteiger partial charge >= 0.3 is 0 Å². The molecule has 3 rings (SSSR count). The summed E-state index contributed by atoms with van der Waals surface area (Å²) in [5.74, 6) is 0.994. The quantitative estimate of drug-likeness (QED) is 0.773. The minimum atomic E-state index is -3.05. The summed E-state index contributed by atoms with van der Waals surface area (Å²) in [5, 5.41) is 5.91. The summed E-state index contributed by atoms with van der Waals surface area (Å²) in [6, 6.07) is 6.60. The fourth-order valence-electron chi connectivity index (χ4n) is 2.88. The number of nitrogens with one attached hydrogen (secondary N) is 2. The number of pyridine rings is 1. The van der Waals surface area contributed by atoms with E-state index in [0.29, 0.717) is 34.9 Å². The number of sulfone groups is 1. The average Bonchev–Trinajstić information content (AvgIpc) is 3.00. The van der Waals surface area contributed by atoms with E-state index >= 15 is 0 Å². The Balaban J connectivity index is 1.75. The third-order valence-electron chi connectivity index (χ3n) is 4.25. The standard InChI is InChI=1S/C18H21N3O5S/c1-25-15-3-4-17(26-2)16(8-15)20-14-7-12(9-19-10-14)18(22)21-13-5-6-27(23,24)11-13/h3-4,7-10,13,20H,5-6,11H2,1-2H3,(H,21,22). The van der Waals surface area contributed by atoms with Crippen LogP contribution in [0.2, 0.25) is 0 Å². The number of carbonyl (C=O) groups excluding carboxylic acids is 1. The molecule has 2 N–H and O–H groups in total. The molecule has 9 heteroatoms. The molecule has 0 saturated carbocycles. The number of amides is 1. The number of nitrogens with zero attached hydrogens (tertiary/aromatic N) is 1. The average molecular weight is 391 g/mol. The van der Waals surface area contributed by atoms with Gasteiger partial charge in [0.1, 0.15) is 11.5 Å². The minimum Gasteiger partial charge on any atom is -0.497 e. The highest BCUT2D eigenvalue weighted by atomic mass is 32.2. The van der Waals surface area contributed by atoms with Crippen LogP contribution in [0.4, 0.5) is 11.4 Å². The van der Waals surface area contributed by atoms with Gasteiger partial charge in [-0.25, -0.2) is 8.42 Å². The van der Waals surface area contributed by atoms with Crippen molar-refractivity contribution in [3.8, 4) is 11.5 Å². The lowest BCUT2D eigenvalue weighted by Crippen LogP contribution is -2.35. The van der Waals surface area contributed by atoms with Gasteiger partial charge in [0.15, 0.2) is 9.84 Å². The molecule has 2 heterocycles. The normalized spacial score (nSPS) is 17.9. The maximum absolute atomic E-state index is 12.4. The van der Waals surface area contributed by atoms with Crippen molar-refractivity contribution in [2.24, 2.45) is 0 Å². The predicted molar refractivity (Wildman–Crippen MR) is 102 cm³/mol. The summed E-state index contributed by atoms with van der Waals surface area (Å²) in [6.07, 6.45) is 3.45. The number of rotatable bonds is 6. The maximum atomic E-state index is 12.4. The molecule has 0 radical (unpaired) electrons. The molecule has 1 amide bonds. The van der Waals surface area contributed by atoms with Crippen molar-refractivity contribution in [3.63, 3.8) is 0 Å². The van der Waals surface area contributed by atoms with Crippen LogP contribution in [0.15, 0.2) is 36.7 Å². The second kappa shape index (κ2) is 7.83. The molecule has 1 aromatic carbocycles. The Morgan fingerprint density at radius 3 is 2.67 bits per heavy atom. The van der Waals surface area contributed by atoms with Crippen LogP contribution in [-0.4, -0.2) is 51.1 Å². The molecule has 1 aromatic heterocycles. The van der Waals surface area contributed by atoms with Crippen molar-refractivity contribution in [3.05, 3.63) is 42.2 Å². The molecule has 27 heavy (non-hydrogen) atoms. The van der Waals surface area contributed by atoms with Crippen molar-refractivity contribution >= 4 is 27.1 Å². The number of anilines is 2. The summed E-state index contributed by atoms with van der Waals surface area (Å²) >= 11 is 0. The summed E-state index contributed by atoms with van der Waals surface area (Å²) in [5.41, 5.74) is 1.59. The van der Waals surface area contributed by atoms with E-state index in [2.05, 4.69) is 15.6 Å². The predicted octanol–water partition coefficient (Wildman–Crippen LogP) is 1.76. The molecule has 2 aromatic rings. The molecular weight excluding hydrogens is 370 g/mol. The fraction of sp³-hybridized carbons (Fsp3) is 0.333. The van der Waals surface area contributed by atoms with E-state index in [4.69, 9.17) is 9.47 Å². The van der Waals surface area contributed by atoms with E-state index in [1.54, 1.807) is 44.7 Å². The summed E-state index contributed by atoms with van der Waals surface area (Å²) in [6.45, 7) is 0. The molecule has 0 bridgehead atoms. The van der Waals surface area contributed by atoms with Crippen LogP contribution in [0.3, 0.4) is 0 Å². The Hall–Kier alpha value is -2.81. The van der Waals surface area contributed by atoms with Crippen molar-refractivity contribution in [2.45, 2.75) is 12.5 Å². The van der Waals surface area contributed by atoms with Crippen LogP contribution in [0.25, 0.3) is 0 Å². The van der Waals surface area contributed by atoms with Crippen molar-refractivity contribution in [1.29, 1.82) is 0 Å². The van der Waals surface area contributed by atoms with E-state index in [1.807, 2.05) is 0 Å². The summed E-state index contributed by atoms with van der Waals surface area (Å²) in [7, 11) is 0.0761. The molecular formula is C18H21N3O5S. The van der Waals surface area contributed by atoms with Gasteiger partial charge in [-0.15, -0.1) is 0 Å². The van der Waals surface area contributed by atoms with Crippen LogP contribution in [-0.2, 0) is 9.84 Å². The molecule has 8 nitrogen and oxygen atoms in total. The molecule has 144 valence electrons. The van der Waals surface area contributed by atoms with Gasteiger partial charge < -0.3 is 20.1 Å². The second-order valence-electron chi connectivity index (χ2n) is 6.23. The highest BCUT2D eigenvalue weighted by molar-refractivity contribution is 7.91. The second-order valence-corrected chi connectivity index (χ2v) is 8.46. The zero-order chi connectivity index (χ0) is 19.4. The first-order valence-electron chi connectivity index (χ1n) is 8.35. The molecule has 1 atom stereocenters. The van der Waals surface area contributed by atoms with Crippen LogP contribution >= 0.6 is 0 Å². The number of benzene rings is 1. The van der Waals surface area contributed by atoms with Gasteiger partial charge in [-0.1, -0.05) is 0 Å². The van der Waals surface area contributed by atoms with Crippen LogP contribution < -0.4 is 20.1 Å². The van der Waals surface area contributed by atoms with E-state index in [9.17, 15) is 13.2 Å². The van der Waals surface area contributed by atoms with Gasteiger partial charge in [0.2, 0.25) is 0 Å². The first-order valence-corrected chi connectivity index (χ1v) is 10.2. The van der Waals surface area contributed by atoms with Crippen LogP contribution in [0, 0.1) is 0 Å². The SMILES string of the molecule is COc1ccc(OC)c(Nc2cncc(C(=O)NC3CCS(=O)(=O)C3)c2)c1. The number of hydrogen-bond donors (Lipinski definition) is 2. The Bertz CT molecular complexity index is 946. The van der Waals surface area contributed by atoms with Gasteiger partial charge in [0.25, 0.3) is 5.91 Å². The van der Waals surface area contributed by atoms with Gasteiger partial charge in [0, 0.05) is 18.3 Å². The molecule has 0 aliphatic carbocycles. The van der Waals surface area contributed by atoms with Crippen molar-refractivity contribution in [1.82, 2.24) is 10.3 Å². The van der Waals surface area contributed by atoms with E-state index < -0.39 is 9.84 Å². The lowest BCUT2D eigenvalue weighted by atomic mass is 10.2. The lowest BCUT2D eigenvalue weighted by molar-refractivity contribution is 0.0941. The zero-order valence-corrected chi connectivity index (χ0v) is 15.9. The highest BCUT2D eigenvalue weighted by Crippen LogP contribution is 2.31. The first-order chi connectivity index (χ1) is 12.9. The molecule has 1 fully saturated rings. The van der Waals surface area contributed by atoms with Gasteiger partial charge in [-0.3, -0.25) is 9.78 Å². The summed E-state index contributed by atoms with van der Waals surface area (Å²) in [4.78, 5) is 16.5. The van der Waals surface area contributed by atoms with E-state index in [-0.39, 0.29) is 23.5 Å². The zero-order valence-electron chi connectivity index (χ0n) is 15.1.